The monoisotopic (exact) mass is 298 g/mol. The zero-order valence-corrected chi connectivity index (χ0v) is 11.2. The van der Waals surface area contributed by atoms with Gasteiger partial charge in [0.15, 0.2) is 0 Å². The number of anilines is 1. The highest BCUT2D eigenvalue weighted by Gasteiger charge is 2.21. The van der Waals surface area contributed by atoms with E-state index in [9.17, 15) is 18.8 Å². The lowest BCUT2D eigenvalue weighted by Gasteiger charge is -2.15. The third-order valence-corrected chi connectivity index (χ3v) is 2.70. The Morgan fingerprint density at radius 3 is 2.52 bits per heavy atom. The summed E-state index contributed by atoms with van der Waals surface area (Å²) in [7, 11) is 0. The number of aliphatic carboxylic acids is 2. The number of carbonyl (C=O) groups excluding carboxylic acids is 1. The van der Waals surface area contributed by atoms with Crippen molar-refractivity contribution in [2.75, 3.05) is 5.32 Å². The van der Waals surface area contributed by atoms with Crippen molar-refractivity contribution in [2.24, 2.45) is 0 Å². The average molecular weight is 298 g/mol. The van der Waals surface area contributed by atoms with Gasteiger partial charge in [-0.25, -0.2) is 14.0 Å². The molecular formula is C13H15FN2O5. The minimum atomic E-state index is -1.35. The van der Waals surface area contributed by atoms with Gasteiger partial charge >= 0.3 is 18.0 Å². The molecule has 21 heavy (non-hydrogen) atoms. The molecule has 0 heterocycles. The topological polar surface area (TPSA) is 116 Å². The molecule has 8 heteroatoms. The first-order valence-corrected chi connectivity index (χ1v) is 6.08. The summed E-state index contributed by atoms with van der Waals surface area (Å²) in [5, 5.41) is 21.9. The predicted molar refractivity (Wildman–Crippen MR) is 71.6 cm³/mol. The van der Waals surface area contributed by atoms with Gasteiger partial charge in [0.2, 0.25) is 0 Å². The molecule has 1 unspecified atom stereocenters. The van der Waals surface area contributed by atoms with Crippen LogP contribution in [0.1, 0.15) is 18.4 Å². The van der Waals surface area contributed by atoms with Gasteiger partial charge in [0.25, 0.3) is 0 Å². The molecule has 0 aromatic heterocycles. The molecular weight excluding hydrogens is 283 g/mol. The van der Waals surface area contributed by atoms with Gasteiger partial charge in [0.05, 0.1) is 0 Å². The average Bonchev–Trinajstić information content (AvgIpc) is 2.38. The van der Waals surface area contributed by atoms with Crippen molar-refractivity contribution in [2.45, 2.75) is 25.8 Å². The number of nitrogens with one attached hydrogen (secondary N) is 2. The molecule has 0 saturated heterocycles. The number of carboxylic acids is 2. The molecule has 2 amide bonds. The Morgan fingerprint density at radius 1 is 1.29 bits per heavy atom. The molecule has 4 N–H and O–H groups in total. The first-order chi connectivity index (χ1) is 9.79. The molecule has 7 nitrogen and oxygen atoms in total. The van der Waals surface area contributed by atoms with Crippen LogP contribution in [-0.4, -0.2) is 34.2 Å². The minimum absolute atomic E-state index is 0.204. The largest absolute Gasteiger partial charge is 0.481 e. The predicted octanol–water partition coefficient (Wildman–Crippen LogP) is 1.57. The molecule has 0 radical (unpaired) electrons. The van der Waals surface area contributed by atoms with Crippen molar-refractivity contribution < 1.29 is 29.0 Å². The Balaban J connectivity index is 2.67. The Hall–Kier alpha value is -2.64. The van der Waals surface area contributed by atoms with Gasteiger partial charge in [0, 0.05) is 12.1 Å². The van der Waals surface area contributed by atoms with E-state index in [0.717, 1.165) is 6.07 Å². The molecule has 0 aliphatic rings. The smallest absolute Gasteiger partial charge is 0.326 e. The van der Waals surface area contributed by atoms with E-state index in [2.05, 4.69) is 10.6 Å². The Labute approximate surface area is 119 Å². The van der Waals surface area contributed by atoms with Crippen molar-refractivity contribution in [1.82, 2.24) is 5.32 Å². The van der Waals surface area contributed by atoms with E-state index in [1.165, 1.54) is 12.1 Å². The molecule has 0 spiro atoms. The van der Waals surface area contributed by atoms with Crippen LogP contribution in [0, 0.1) is 12.7 Å². The fourth-order valence-corrected chi connectivity index (χ4v) is 1.57. The van der Waals surface area contributed by atoms with Gasteiger partial charge in [0.1, 0.15) is 11.9 Å². The number of rotatable bonds is 6. The van der Waals surface area contributed by atoms with Gasteiger partial charge in [-0.15, -0.1) is 0 Å². The number of hydrogen-bond donors (Lipinski definition) is 4. The highest BCUT2D eigenvalue weighted by molar-refractivity contribution is 5.93. The Morgan fingerprint density at radius 2 is 1.95 bits per heavy atom. The first kappa shape index (κ1) is 16.4. The lowest BCUT2D eigenvalue weighted by atomic mass is 10.1. The maximum atomic E-state index is 13.1. The number of carboxylic acid groups (broad SMARTS) is 2. The fraction of sp³-hybridized carbons (Fsp3) is 0.308. The van der Waals surface area contributed by atoms with Crippen molar-refractivity contribution in [3.63, 3.8) is 0 Å². The zero-order valence-electron chi connectivity index (χ0n) is 11.2. The summed E-state index contributed by atoms with van der Waals surface area (Å²) in [6, 6.07) is 1.61. The van der Waals surface area contributed by atoms with E-state index < -0.39 is 36.2 Å². The second kappa shape index (κ2) is 7.22. The zero-order chi connectivity index (χ0) is 16.0. The first-order valence-electron chi connectivity index (χ1n) is 6.08. The van der Waals surface area contributed by atoms with Crippen molar-refractivity contribution in [3.8, 4) is 0 Å². The van der Waals surface area contributed by atoms with Crippen molar-refractivity contribution in [3.05, 3.63) is 29.6 Å². The molecule has 1 atom stereocenters. The van der Waals surface area contributed by atoms with Crippen LogP contribution < -0.4 is 10.6 Å². The third-order valence-electron chi connectivity index (χ3n) is 2.70. The van der Waals surface area contributed by atoms with E-state index in [0.29, 0.717) is 5.56 Å². The summed E-state index contributed by atoms with van der Waals surface area (Å²) in [6.45, 7) is 1.65. The number of urea groups is 1. The van der Waals surface area contributed by atoms with E-state index in [1.807, 2.05) is 0 Å². The van der Waals surface area contributed by atoms with Crippen LogP contribution in [0.3, 0.4) is 0 Å². The Bertz CT molecular complexity index is 561. The lowest BCUT2D eigenvalue weighted by molar-refractivity contribution is -0.140. The molecule has 0 fully saturated rings. The Kier molecular flexibility index (Phi) is 5.65. The molecule has 0 bridgehead atoms. The number of carbonyl (C=O) groups is 3. The van der Waals surface area contributed by atoms with Gasteiger partial charge in [-0.3, -0.25) is 4.79 Å². The number of benzene rings is 1. The molecule has 0 aliphatic carbocycles. The van der Waals surface area contributed by atoms with Gasteiger partial charge in [-0.05, 0) is 31.0 Å². The van der Waals surface area contributed by atoms with Crippen LogP contribution in [0.4, 0.5) is 14.9 Å². The number of amides is 2. The van der Waals surface area contributed by atoms with E-state index in [-0.39, 0.29) is 12.1 Å². The lowest BCUT2D eigenvalue weighted by Crippen LogP contribution is -2.43. The standard InChI is InChI=1S/C13H15FN2O5/c1-7-2-3-8(14)6-10(7)16-13(21)15-9(12(19)20)4-5-11(17)18/h2-3,6,9H,4-5H2,1H3,(H,17,18)(H,19,20)(H2,15,16,21). The van der Waals surface area contributed by atoms with E-state index in [4.69, 9.17) is 10.2 Å². The maximum Gasteiger partial charge on any atom is 0.326 e. The third kappa shape index (κ3) is 5.47. The molecule has 1 aromatic rings. The molecule has 1 rings (SSSR count). The second-order valence-corrected chi connectivity index (χ2v) is 4.38. The van der Waals surface area contributed by atoms with Crippen LogP contribution in [0.15, 0.2) is 18.2 Å². The molecule has 0 saturated carbocycles. The van der Waals surface area contributed by atoms with Crippen LogP contribution in [0.2, 0.25) is 0 Å². The molecule has 1 aromatic carbocycles. The normalized spacial score (nSPS) is 11.5. The number of hydrogen-bond acceptors (Lipinski definition) is 3. The van der Waals surface area contributed by atoms with Crippen molar-refractivity contribution >= 4 is 23.7 Å². The minimum Gasteiger partial charge on any atom is -0.481 e. The second-order valence-electron chi connectivity index (χ2n) is 4.38. The summed E-state index contributed by atoms with van der Waals surface area (Å²) in [5.41, 5.74) is 0.804. The van der Waals surface area contributed by atoms with Crippen LogP contribution in [0.25, 0.3) is 0 Å². The van der Waals surface area contributed by atoms with Crippen LogP contribution in [0.5, 0.6) is 0 Å². The fourth-order valence-electron chi connectivity index (χ4n) is 1.57. The van der Waals surface area contributed by atoms with Crippen LogP contribution >= 0.6 is 0 Å². The highest BCUT2D eigenvalue weighted by atomic mass is 19.1. The summed E-state index contributed by atoms with van der Waals surface area (Å²) in [4.78, 5) is 33.0. The molecule has 114 valence electrons. The summed E-state index contributed by atoms with van der Waals surface area (Å²) < 4.78 is 13.1. The van der Waals surface area contributed by atoms with Crippen molar-refractivity contribution in [1.29, 1.82) is 0 Å². The van der Waals surface area contributed by atoms with Crippen LogP contribution in [-0.2, 0) is 9.59 Å². The summed E-state index contributed by atoms with van der Waals surface area (Å²) >= 11 is 0. The molecule has 0 aliphatic heterocycles. The highest BCUT2D eigenvalue weighted by Crippen LogP contribution is 2.15. The van der Waals surface area contributed by atoms with Gasteiger partial charge in [-0.1, -0.05) is 6.07 Å². The van der Waals surface area contributed by atoms with E-state index >= 15 is 0 Å². The quantitative estimate of drug-likeness (QED) is 0.636. The SMILES string of the molecule is Cc1ccc(F)cc1NC(=O)NC(CCC(=O)O)C(=O)O. The van der Waals surface area contributed by atoms with E-state index in [1.54, 1.807) is 6.92 Å². The summed E-state index contributed by atoms with van der Waals surface area (Å²) in [6.07, 6.45) is -0.642. The van der Waals surface area contributed by atoms with Gasteiger partial charge < -0.3 is 20.8 Å². The number of halogens is 1. The maximum absolute atomic E-state index is 13.1. The van der Waals surface area contributed by atoms with Gasteiger partial charge in [-0.2, -0.15) is 0 Å². The number of aryl methyl sites for hydroxylation is 1. The summed E-state index contributed by atoms with van der Waals surface area (Å²) in [5.74, 6) is -3.05.